The van der Waals surface area contributed by atoms with Gasteiger partial charge in [-0.05, 0) is 29.8 Å². The smallest absolute Gasteiger partial charge is 0.417 e. The van der Waals surface area contributed by atoms with E-state index in [1.807, 2.05) is 29.2 Å². The molecule has 1 fully saturated rings. The number of alkyl halides is 3. The van der Waals surface area contributed by atoms with Gasteiger partial charge >= 0.3 is 6.18 Å². The fourth-order valence-electron chi connectivity index (χ4n) is 3.29. The van der Waals surface area contributed by atoms with Crippen LogP contribution in [-0.2, 0) is 17.5 Å². The van der Waals surface area contributed by atoms with Crippen LogP contribution >= 0.6 is 0 Å². The highest BCUT2D eigenvalue weighted by molar-refractivity contribution is 5.40. The van der Waals surface area contributed by atoms with Gasteiger partial charge in [-0.25, -0.2) is 4.98 Å². The molecule has 164 valence electrons. The van der Waals surface area contributed by atoms with E-state index in [0.717, 1.165) is 23.6 Å². The van der Waals surface area contributed by atoms with E-state index in [1.165, 1.54) is 6.07 Å². The highest BCUT2D eigenvalue weighted by atomic mass is 19.4. The highest BCUT2D eigenvalue weighted by Gasteiger charge is 2.31. The second-order valence-corrected chi connectivity index (χ2v) is 7.21. The van der Waals surface area contributed by atoms with Gasteiger partial charge in [0.15, 0.2) is 0 Å². The monoisotopic (exact) mass is 425 g/mol. The van der Waals surface area contributed by atoms with Gasteiger partial charge in [0.25, 0.3) is 0 Å². The molecule has 1 unspecified atom stereocenters. The molecule has 1 atom stereocenters. The molecule has 0 radical (unpaired) electrons. The van der Waals surface area contributed by atoms with Crippen LogP contribution in [0.3, 0.4) is 0 Å². The number of rotatable bonds is 8. The average molecular weight is 425 g/mol. The Morgan fingerprint density at radius 3 is 2.33 bits per heavy atom. The fourth-order valence-corrected chi connectivity index (χ4v) is 3.29. The second kappa shape index (κ2) is 10.1. The lowest BCUT2D eigenvalue weighted by atomic mass is 10.2. The number of β-amino-alcohol motifs (C(OH)–C–C–N with tert-alkyl or cyclic N) is 1. The predicted molar refractivity (Wildman–Crippen MR) is 107 cm³/mol. The number of hydrogen-bond acceptors (Lipinski definition) is 6. The quantitative estimate of drug-likeness (QED) is 0.702. The number of methoxy groups -OCH3 is 1. The lowest BCUT2D eigenvalue weighted by Gasteiger charge is -2.36. The van der Waals surface area contributed by atoms with Gasteiger partial charge in [-0.2, -0.15) is 13.2 Å². The number of anilines is 1. The number of halogens is 3. The SMILES string of the molecule is COc1ccc(COCC(O)CN2CCN(c3ccc(C(F)(F)F)cn3)CC2)cc1. The van der Waals surface area contributed by atoms with Crippen molar-refractivity contribution in [2.75, 3.05) is 51.3 Å². The first-order valence-corrected chi connectivity index (χ1v) is 9.74. The van der Waals surface area contributed by atoms with Gasteiger partial charge < -0.3 is 19.5 Å². The highest BCUT2D eigenvalue weighted by Crippen LogP contribution is 2.29. The maximum atomic E-state index is 12.7. The number of pyridine rings is 1. The molecule has 1 aliphatic heterocycles. The molecule has 1 N–H and O–H groups in total. The number of ether oxygens (including phenoxy) is 2. The third-order valence-corrected chi connectivity index (χ3v) is 4.98. The zero-order chi connectivity index (χ0) is 21.6. The van der Waals surface area contributed by atoms with E-state index in [9.17, 15) is 18.3 Å². The van der Waals surface area contributed by atoms with E-state index in [4.69, 9.17) is 9.47 Å². The summed E-state index contributed by atoms with van der Waals surface area (Å²) in [7, 11) is 1.61. The van der Waals surface area contributed by atoms with Crippen molar-refractivity contribution in [1.29, 1.82) is 0 Å². The number of aliphatic hydroxyl groups is 1. The second-order valence-electron chi connectivity index (χ2n) is 7.21. The zero-order valence-corrected chi connectivity index (χ0v) is 16.8. The van der Waals surface area contributed by atoms with Crippen molar-refractivity contribution in [2.24, 2.45) is 0 Å². The first-order valence-electron chi connectivity index (χ1n) is 9.74. The Balaban J connectivity index is 1.37. The molecule has 0 spiro atoms. The molecule has 0 saturated carbocycles. The third kappa shape index (κ3) is 6.32. The first-order chi connectivity index (χ1) is 14.3. The predicted octanol–water partition coefficient (Wildman–Crippen LogP) is 2.81. The molecular formula is C21H26F3N3O3. The minimum absolute atomic E-state index is 0.229. The van der Waals surface area contributed by atoms with Crippen molar-refractivity contribution < 1.29 is 27.8 Å². The van der Waals surface area contributed by atoms with E-state index in [2.05, 4.69) is 9.88 Å². The molecule has 0 bridgehead atoms. The maximum Gasteiger partial charge on any atom is 0.417 e. The van der Waals surface area contributed by atoms with Crippen molar-refractivity contribution in [1.82, 2.24) is 9.88 Å². The normalized spacial score (nSPS) is 16.5. The molecule has 30 heavy (non-hydrogen) atoms. The lowest BCUT2D eigenvalue weighted by Crippen LogP contribution is -2.49. The summed E-state index contributed by atoms with van der Waals surface area (Å²) < 4.78 is 48.7. The van der Waals surface area contributed by atoms with E-state index in [-0.39, 0.29) is 6.61 Å². The zero-order valence-electron chi connectivity index (χ0n) is 16.8. The number of aliphatic hydroxyl groups excluding tert-OH is 1. The van der Waals surface area contributed by atoms with Crippen LogP contribution in [0.15, 0.2) is 42.6 Å². The summed E-state index contributed by atoms with van der Waals surface area (Å²) >= 11 is 0. The van der Waals surface area contributed by atoms with Crippen LogP contribution in [0.1, 0.15) is 11.1 Å². The number of hydrogen-bond donors (Lipinski definition) is 1. The Hall–Kier alpha value is -2.36. The fraction of sp³-hybridized carbons (Fsp3) is 0.476. The average Bonchev–Trinajstić information content (AvgIpc) is 2.74. The summed E-state index contributed by atoms with van der Waals surface area (Å²) in [6, 6.07) is 10.0. The Kier molecular flexibility index (Phi) is 7.52. The van der Waals surface area contributed by atoms with Gasteiger partial charge in [0.1, 0.15) is 11.6 Å². The maximum absolute atomic E-state index is 12.7. The van der Waals surface area contributed by atoms with Crippen LogP contribution in [-0.4, -0.2) is 67.5 Å². The van der Waals surface area contributed by atoms with Crippen LogP contribution in [0.2, 0.25) is 0 Å². The minimum atomic E-state index is -4.38. The molecule has 2 heterocycles. The van der Waals surface area contributed by atoms with E-state index >= 15 is 0 Å². The number of piperazine rings is 1. The molecule has 1 aromatic heterocycles. The summed E-state index contributed by atoms with van der Waals surface area (Å²) in [6.45, 7) is 3.78. The summed E-state index contributed by atoms with van der Waals surface area (Å²) in [4.78, 5) is 8.01. The Labute approximate surface area is 173 Å². The number of aromatic nitrogens is 1. The molecular weight excluding hydrogens is 399 g/mol. The van der Waals surface area contributed by atoms with Crippen molar-refractivity contribution in [3.05, 3.63) is 53.7 Å². The van der Waals surface area contributed by atoms with Crippen molar-refractivity contribution >= 4 is 5.82 Å². The first kappa shape index (κ1) is 22.3. The Bertz CT molecular complexity index is 777. The summed E-state index contributed by atoms with van der Waals surface area (Å²) in [5, 5.41) is 10.2. The molecule has 1 aromatic carbocycles. The Morgan fingerprint density at radius 2 is 1.77 bits per heavy atom. The molecule has 6 nitrogen and oxygen atoms in total. The van der Waals surface area contributed by atoms with Crippen LogP contribution in [0.25, 0.3) is 0 Å². The van der Waals surface area contributed by atoms with E-state index < -0.39 is 17.8 Å². The lowest BCUT2D eigenvalue weighted by molar-refractivity contribution is -0.137. The van der Waals surface area contributed by atoms with Crippen LogP contribution in [0.4, 0.5) is 19.0 Å². The molecule has 1 saturated heterocycles. The molecule has 0 aliphatic carbocycles. The number of nitrogens with zero attached hydrogens (tertiary/aromatic N) is 3. The summed E-state index contributed by atoms with van der Waals surface area (Å²) in [5.74, 6) is 1.32. The minimum Gasteiger partial charge on any atom is -0.497 e. The van der Waals surface area contributed by atoms with E-state index in [0.29, 0.717) is 45.1 Å². The summed E-state index contributed by atoms with van der Waals surface area (Å²) in [6.07, 6.45) is -4.12. The van der Waals surface area contributed by atoms with Crippen LogP contribution < -0.4 is 9.64 Å². The summed E-state index contributed by atoms with van der Waals surface area (Å²) in [5.41, 5.74) is 0.253. The molecule has 3 rings (SSSR count). The third-order valence-electron chi connectivity index (χ3n) is 4.98. The number of benzene rings is 1. The van der Waals surface area contributed by atoms with Gasteiger partial charge in [0.2, 0.25) is 0 Å². The largest absolute Gasteiger partial charge is 0.497 e. The molecule has 0 amide bonds. The molecule has 2 aromatic rings. The molecule has 1 aliphatic rings. The van der Waals surface area contributed by atoms with Gasteiger partial charge in [-0.1, -0.05) is 12.1 Å². The standard InChI is InChI=1S/C21H26F3N3O3/c1-29-19-5-2-16(3-6-19)14-30-15-18(28)13-26-8-10-27(11-9-26)20-7-4-17(12-25-20)21(22,23)24/h2-7,12,18,28H,8-11,13-15H2,1H3. The Morgan fingerprint density at radius 1 is 1.07 bits per heavy atom. The van der Waals surface area contributed by atoms with E-state index in [1.54, 1.807) is 7.11 Å². The van der Waals surface area contributed by atoms with Gasteiger partial charge in [0.05, 0.1) is 32.0 Å². The van der Waals surface area contributed by atoms with Gasteiger partial charge in [0, 0.05) is 38.9 Å². The van der Waals surface area contributed by atoms with Crippen LogP contribution in [0.5, 0.6) is 5.75 Å². The van der Waals surface area contributed by atoms with Crippen LogP contribution in [0, 0.1) is 0 Å². The van der Waals surface area contributed by atoms with Gasteiger partial charge in [-0.15, -0.1) is 0 Å². The van der Waals surface area contributed by atoms with Crippen molar-refractivity contribution in [3.8, 4) is 5.75 Å². The van der Waals surface area contributed by atoms with Gasteiger partial charge in [-0.3, -0.25) is 4.90 Å². The topological polar surface area (TPSA) is 58.1 Å². The van der Waals surface area contributed by atoms with Crippen molar-refractivity contribution in [2.45, 2.75) is 18.9 Å². The van der Waals surface area contributed by atoms with Crippen molar-refractivity contribution in [3.63, 3.8) is 0 Å². The molecule has 9 heteroatoms.